The third-order valence-corrected chi connectivity index (χ3v) is 6.48. The molecule has 170 valence electrons. The molecule has 0 spiro atoms. The lowest BCUT2D eigenvalue weighted by atomic mass is 9.94. The fraction of sp³-hybridized carbons (Fsp3) is 0.182. The molecule has 2 heterocycles. The maximum Gasteiger partial charge on any atom is 0.335 e. The molecule has 0 aromatic heterocycles. The van der Waals surface area contributed by atoms with Crippen molar-refractivity contribution in [2.45, 2.75) is 19.9 Å². The Bertz CT molecular complexity index is 1110. The second-order valence-electron chi connectivity index (χ2n) is 6.67. The molecule has 0 saturated heterocycles. The minimum Gasteiger partial charge on any atom is -0.494 e. The van der Waals surface area contributed by atoms with Gasteiger partial charge in [-0.05, 0) is 43.8 Å². The average Bonchev–Trinajstić information content (AvgIpc) is 3.10. The number of halogens is 4. The minimum atomic E-state index is -1.02. The van der Waals surface area contributed by atoms with E-state index in [2.05, 4.69) is 4.99 Å². The van der Waals surface area contributed by atoms with Crippen molar-refractivity contribution in [3.8, 4) is 5.75 Å². The number of allylic oxidation sites excluding steroid dienone is 1. The van der Waals surface area contributed by atoms with Gasteiger partial charge in [0.2, 0.25) is 0 Å². The topological polar surface area (TPSA) is 62.1 Å². The van der Waals surface area contributed by atoms with E-state index in [0.29, 0.717) is 38.8 Å². The molecule has 1 atom stereocenters. The van der Waals surface area contributed by atoms with Gasteiger partial charge in [0.15, 0.2) is 5.17 Å². The lowest BCUT2D eigenvalue weighted by Gasteiger charge is -2.33. The average molecular weight is 534 g/mol. The SMILES string of the molecule is CCOc1ccccc1C1C(C(=O)O)=C(C)N=C2SC(c3c(Cl)cccc3Cl)=CN21.Cl.Cl. The number of para-hydroxylation sites is 1. The predicted octanol–water partition coefficient (Wildman–Crippen LogP) is 7.05. The van der Waals surface area contributed by atoms with Crippen LogP contribution >= 0.6 is 59.8 Å². The normalized spacial score (nSPS) is 17.0. The number of ether oxygens (including phenoxy) is 1. The Labute approximate surface area is 213 Å². The summed E-state index contributed by atoms with van der Waals surface area (Å²) in [5.74, 6) is -0.380. The summed E-state index contributed by atoms with van der Waals surface area (Å²) in [5.41, 5.74) is 2.12. The zero-order valence-electron chi connectivity index (χ0n) is 17.0. The van der Waals surface area contributed by atoms with Gasteiger partial charge >= 0.3 is 5.97 Å². The van der Waals surface area contributed by atoms with Crippen molar-refractivity contribution in [1.82, 2.24) is 4.90 Å². The first kappa shape index (κ1) is 26.4. The molecule has 2 aliphatic rings. The van der Waals surface area contributed by atoms with Gasteiger partial charge in [-0.2, -0.15) is 0 Å². The first-order valence-corrected chi connectivity index (χ1v) is 10.9. The third-order valence-electron chi connectivity index (χ3n) is 4.84. The Hall–Kier alpha value is -1.83. The molecule has 0 radical (unpaired) electrons. The number of benzene rings is 2. The van der Waals surface area contributed by atoms with Crippen molar-refractivity contribution in [1.29, 1.82) is 0 Å². The summed E-state index contributed by atoms with van der Waals surface area (Å²) in [6.45, 7) is 4.08. The predicted molar refractivity (Wildman–Crippen MR) is 136 cm³/mol. The molecule has 1 N–H and O–H groups in total. The molecule has 5 nitrogen and oxygen atoms in total. The number of aliphatic imine (C=N–C) groups is 1. The van der Waals surface area contributed by atoms with Crippen LogP contribution in [-0.2, 0) is 4.79 Å². The number of carboxylic acids is 1. The van der Waals surface area contributed by atoms with Gasteiger partial charge < -0.3 is 14.7 Å². The van der Waals surface area contributed by atoms with Gasteiger partial charge in [0.1, 0.15) is 5.75 Å². The Morgan fingerprint density at radius 3 is 2.44 bits per heavy atom. The Balaban J connectivity index is 0.00000181. The Morgan fingerprint density at radius 2 is 1.81 bits per heavy atom. The van der Waals surface area contributed by atoms with Crippen molar-refractivity contribution < 1.29 is 14.6 Å². The number of rotatable bonds is 5. The number of nitrogens with zero attached hydrogens (tertiary/aromatic N) is 2. The molecule has 2 aliphatic heterocycles. The lowest BCUT2D eigenvalue weighted by molar-refractivity contribution is -0.133. The van der Waals surface area contributed by atoms with Crippen LogP contribution in [0.3, 0.4) is 0 Å². The van der Waals surface area contributed by atoms with E-state index < -0.39 is 12.0 Å². The number of hydrogen-bond donors (Lipinski definition) is 1. The largest absolute Gasteiger partial charge is 0.494 e. The molecule has 1 unspecified atom stereocenters. The highest BCUT2D eigenvalue weighted by molar-refractivity contribution is 8.22. The van der Waals surface area contributed by atoms with E-state index in [4.69, 9.17) is 27.9 Å². The second kappa shape index (κ2) is 10.9. The number of thioether (sulfide) groups is 1. The number of fused-ring (bicyclic) bond motifs is 1. The summed E-state index contributed by atoms with van der Waals surface area (Å²) in [7, 11) is 0. The summed E-state index contributed by atoms with van der Waals surface area (Å²) in [4.78, 5) is 19.4. The van der Waals surface area contributed by atoms with Crippen LogP contribution in [0.15, 0.2) is 64.9 Å². The van der Waals surface area contributed by atoms with Crippen molar-refractivity contribution in [3.05, 3.63) is 81.1 Å². The van der Waals surface area contributed by atoms with Crippen LogP contribution in [0.1, 0.15) is 31.0 Å². The van der Waals surface area contributed by atoms with Gasteiger partial charge in [0.25, 0.3) is 0 Å². The zero-order valence-corrected chi connectivity index (χ0v) is 21.0. The Morgan fingerprint density at radius 1 is 1.16 bits per heavy atom. The molecule has 10 heteroatoms. The highest BCUT2D eigenvalue weighted by Crippen LogP contribution is 2.49. The first-order valence-electron chi connectivity index (χ1n) is 9.29. The summed E-state index contributed by atoms with van der Waals surface area (Å²) in [5, 5.41) is 11.7. The number of carbonyl (C=O) groups is 1. The fourth-order valence-corrected chi connectivity index (χ4v) is 5.43. The molecule has 0 amide bonds. The van der Waals surface area contributed by atoms with Gasteiger partial charge in [0.05, 0.1) is 34.0 Å². The van der Waals surface area contributed by atoms with Crippen molar-refractivity contribution >= 4 is 75.8 Å². The molecular formula is C22H20Cl4N2O3S. The van der Waals surface area contributed by atoms with E-state index in [9.17, 15) is 9.90 Å². The summed E-state index contributed by atoms with van der Waals surface area (Å²) in [6.07, 6.45) is 1.86. The van der Waals surface area contributed by atoms with E-state index >= 15 is 0 Å². The number of hydrogen-bond acceptors (Lipinski definition) is 5. The Kier molecular flexibility index (Phi) is 8.97. The van der Waals surface area contributed by atoms with Crippen molar-refractivity contribution in [2.24, 2.45) is 4.99 Å². The molecule has 0 bridgehead atoms. The second-order valence-corrected chi connectivity index (χ2v) is 8.49. The molecule has 2 aromatic rings. The van der Waals surface area contributed by atoms with E-state index in [1.54, 1.807) is 25.1 Å². The van der Waals surface area contributed by atoms with Crippen LogP contribution in [-0.4, -0.2) is 27.8 Å². The van der Waals surface area contributed by atoms with Crippen LogP contribution in [0, 0.1) is 0 Å². The maximum atomic E-state index is 12.2. The van der Waals surface area contributed by atoms with Gasteiger partial charge in [-0.3, -0.25) is 0 Å². The third kappa shape index (κ3) is 4.75. The van der Waals surface area contributed by atoms with Crippen LogP contribution in [0.4, 0.5) is 0 Å². The standard InChI is InChI=1S/C22H18Cl2N2O3S.2ClH/c1-3-29-16-10-5-4-7-13(16)20-18(21(27)28)12(2)25-22-26(20)11-17(30-22)19-14(23)8-6-9-15(19)24;;/h4-11,20H,3H2,1-2H3,(H,27,28);2*1H. The minimum absolute atomic E-state index is 0. The van der Waals surface area contributed by atoms with Gasteiger partial charge in [-0.15, -0.1) is 24.8 Å². The summed E-state index contributed by atoms with van der Waals surface area (Å²) < 4.78 is 5.80. The highest BCUT2D eigenvalue weighted by Gasteiger charge is 2.40. The van der Waals surface area contributed by atoms with Gasteiger partial charge in [0, 0.05) is 22.2 Å². The van der Waals surface area contributed by atoms with Crippen LogP contribution in [0.25, 0.3) is 4.91 Å². The molecule has 2 aromatic carbocycles. The van der Waals surface area contributed by atoms with Crippen LogP contribution < -0.4 is 4.74 Å². The number of amidine groups is 1. The van der Waals surface area contributed by atoms with Gasteiger partial charge in [-0.1, -0.05) is 47.5 Å². The molecule has 0 fully saturated rings. The quantitative estimate of drug-likeness (QED) is 0.446. The molecule has 32 heavy (non-hydrogen) atoms. The number of carboxylic acid groups (broad SMARTS) is 1. The molecule has 0 saturated carbocycles. The van der Waals surface area contributed by atoms with E-state index in [1.807, 2.05) is 42.3 Å². The van der Waals surface area contributed by atoms with Crippen LogP contribution in [0.5, 0.6) is 5.75 Å². The summed E-state index contributed by atoms with van der Waals surface area (Å²) in [6, 6.07) is 12.2. The zero-order chi connectivity index (χ0) is 21.4. The smallest absolute Gasteiger partial charge is 0.335 e. The number of aliphatic carboxylic acids is 1. The van der Waals surface area contributed by atoms with Gasteiger partial charge in [-0.25, -0.2) is 9.79 Å². The lowest BCUT2D eigenvalue weighted by Crippen LogP contribution is -2.33. The molecular weight excluding hydrogens is 514 g/mol. The van der Waals surface area contributed by atoms with Crippen molar-refractivity contribution in [2.75, 3.05) is 6.61 Å². The molecule has 4 rings (SSSR count). The highest BCUT2D eigenvalue weighted by atomic mass is 35.5. The monoisotopic (exact) mass is 532 g/mol. The van der Waals surface area contributed by atoms with E-state index in [1.165, 1.54) is 11.8 Å². The van der Waals surface area contributed by atoms with Crippen molar-refractivity contribution in [3.63, 3.8) is 0 Å². The van der Waals surface area contributed by atoms with E-state index in [-0.39, 0.29) is 30.4 Å². The molecule has 0 aliphatic carbocycles. The summed E-state index contributed by atoms with van der Waals surface area (Å²) >= 11 is 14.2. The van der Waals surface area contributed by atoms with Crippen LogP contribution in [0.2, 0.25) is 10.0 Å². The maximum absolute atomic E-state index is 12.2. The first-order chi connectivity index (χ1) is 14.4. The van der Waals surface area contributed by atoms with E-state index in [0.717, 1.165) is 10.5 Å². The fourth-order valence-electron chi connectivity index (χ4n) is 3.58.